The fraction of sp³-hybridized carbons (Fsp3) is 1.00. The maximum atomic E-state index is 5.10. The fourth-order valence-electron chi connectivity index (χ4n) is 0.399. The van der Waals surface area contributed by atoms with Gasteiger partial charge in [0, 0.05) is 10.7 Å². The van der Waals surface area contributed by atoms with E-state index in [0.29, 0.717) is 26.4 Å². The van der Waals surface area contributed by atoms with E-state index in [1.54, 1.807) is 0 Å². The minimum atomic E-state index is 0.486. The van der Waals surface area contributed by atoms with Crippen molar-refractivity contribution in [2.24, 2.45) is 0 Å². The third-order valence-corrected chi connectivity index (χ3v) is 1.42. The summed E-state index contributed by atoms with van der Waals surface area (Å²) in [5, 5.41) is 1.64. The Morgan fingerprint density at radius 1 is 0.727 bits per heavy atom. The predicted molar refractivity (Wildman–Crippen MR) is 50.3 cm³/mol. The summed E-state index contributed by atoms with van der Waals surface area (Å²) < 4.78 is 5.10. The molecule has 0 atom stereocenters. The SMILES string of the molecule is BrCCOCCOOCCBr. The molecular weight excluding hydrogens is 280 g/mol. The van der Waals surface area contributed by atoms with Crippen molar-refractivity contribution >= 4 is 31.9 Å². The van der Waals surface area contributed by atoms with Crippen LogP contribution in [-0.4, -0.2) is 37.1 Å². The standard InChI is InChI=1S/C6H12Br2O3/c7-1-3-9-5-6-11-10-4-2-8/h1-6H2. The van der Waals surface area contributed by atoms with E-state index >= 15 is 0 Å². The molecule has 0 aliphatic rings. The summed E-state index contributed by atoms with van der Waals surface area (Å²) in [6, 6.07) is 0. The van der Waals surface area contributed by atoms with Gasteiger partial charge >= 0.3 is 0 Å². The van der Waals surface area contributed by atoms with Crippen molar-refractivity contribution in [1.82, 2.24) is 0 Å². The molecule has 0 saturated heterocycles. The van der Waals surface area contributed by atoms with Gasteiger partial charge in [-0.2, -0.15) is 0 Å². The molecule has 0 aromatic carbocycles. The van der Waals surface area contributed by atoms with Gasteiger partial charge in [-0.15, -0.1) is 0 Å². The molecule has 0 fully saturated rings. The van der Waals surface area contributed by atoms with Crippen LogP contribution in [0.25, 0.3) is 0 Å². The highest BCUT2D eigenvalue weighted by molar-refractivity contribution is 9.09. The second-order valence-corrected chi connectivity index (χ2v) is 3.22. The van der Waals surface area contributed by atoms with Crippen molar-refractivity contribution in [3.63, 3.8) is 0 Å². The van der Waals surface area contributed by atoms with Gasteiger partial charge in [-0.05, 0) is 0 Å². The zero-order valence-corrected chi connectivity index (χ0v) is 9.40. The second kappa shape index (κ2) is 10.8. The highest BCUT2D eigenvalue weighted by atomic mass is 79.9. The number of hydrogen-bond acceptors (Lipinski definition) is 3. The van der Waals surface area contributed by atoms with Crippen LogP contribution in [0, 0.1) is 0 Å². The zero-order chi connectivity index (χ0) is 8.36. The Kier molecular flexibility index (Phi) is 11.7. The van der Waals surface area contributed by atoms with Gasteiger partial charge in [0.15, 0.2) is 0 Å². The van der Waals surface area contributed by atoms with Gasteiger partial charge in [0.05, 0.1) is 19.8 Å². The van der Waals surface area contributed by atoms with Gasteiger partial charge in [-0.25, -0.2) is 9.78 Å². The van der Waals surface area contributed by atoms with E-state index in [1.807, 2.05) is 0 Å². The quantitative estimate of drug-likeness (QED) is 0.295. The third kappa shape index (κ3) is 10.8. The van der Waals surface area contributed by atoms with Gasteiger partial charge in [0.2, 0.25) is 0 Å². The normalized spacial score (nSPS) is 10.4. The summed E-state index contributed by atoms with van der Waals surface area (Å²) in [6.45, 7) is 2.34. The molecule has 0 N–H and O–H groups in total. The largest absolute Gasteiger partial charge is 0.378 e. The summed E-state index contributed by atoms with van der Waals surface area (Å²) in [4.78, 5) is 9.47. The first-order valence-electron chi connectivity index (χ1n) is 3.36. The van der Waals surface area contributed by atoms with Gasteiger partial charge in [0.25, 0.3) is 0 Å². The Balaban J connectivity index is 2.69. The molecule has 0 aliphatic carbocycles. The second-order valence-electron chi connectivity index (χ2n) is 1.63. The molecule has 0 amide bonds. The van der Waals surface area contributed by atoms with Gasteiger partial charge in [-0.1, -0.05) is 31.9 Å². The lowest BCUT2D eigenvalue weighted by Gasteiger charge is -2.02. The summed E-state index contributed by atoms with van der Waals surface area (Å²) in [5.74, 6) is 0. The van der Waals surface area contributed by atoms with E-state index in [9.17, 15) is 0 Å². The average molecular weight is 292 g/mol. The van der Waals surface area contributed by atoms with Crippen LogP contribution in [-0.2, 0) is 14.5 Å². The lowest BCUT2D eigenvalue weighted by Crippen LogP contribution is -2.07. The molecular formula is C6H12Br2O3. The molecule has 0 aliphatic heterocycles. The monoisotopic (exact) mass is 290 g/mol. The predicted octanol–water partition coefficient (Wildman–Crippen LogP) is 1.74. The van der Waals surface area contributed by atoms with Crippen LogP contribution in [0.15, 0.2) is 0 Å². The van der Waals surface area contributed by atoms with Crippen LogP contribution >= 0.6 is 31.9 Å². The van der Waals surface area contributed by atoms with Crippen LogP contribution in [0.4, 0.5) is 0 Å². The van der Waals surface area contributed by atoms with Gasteiger partial charge in [0.1, 0.15) is 6.61 Å². The van der Waals surface area contributed by atoms with Crippen LogP contribution < -0.4 is 0 Å². The molecule has 0 aromatic rings. The Morgan fingerprint density at radius 2 is 1.36 bits per heavy atom. The molecule has 0 heterocycles. The maximum absolute atomic E-state index is 5.10. The maximum Gasteiger partial charge on any atom is 0.106 e. The first-order valence-corrected chi connectivity index (χ1v) is 5.60. The van der Waals surface area contributed by atoms with Crippen LogP contribution in [0.3, 0.4) is 0 Å². The Labute approximate surface area is 83.6 Å². The summed E-state index contributed by atoms with van der Waals surface area (Å²) >= 11 is 6.44. The molecule has 0 aromatic heterocycles. The van der Waals surface area contributed by atoms with E-state index in [4.69, 9.17) is 14.5 Å². The first kappa shape index (κ1) is 11.8. The zero-order valence-electron chi connectivity index (χ0n) is 6.22. The van der Waals surface area contributed by atoms with Crippen LogP contribution in [0.1, 0.15) is 0 Å². The summed E-state index contributed by atoms with van der Waals surface area (Å²) in [7, 11) is 0. The van der Waals surface area contributed by atoms with Crippen LogP contribution in [0.2, 0.25) is 0 Å². The number of rotatable bonds is 8. The molecule has 0 radical (unpaired) electrons. The molecule has 5 heteroatoms. The lowest BCUT2D eigenvalue weighted by molar-refractivity contribution is -0.294. The minimum Gasteiger partial charge on any atom is -0.378 e. The molecule has 0 saturated carbocycles. The van der Waals surface area contributed by atoms with E-state index < -0.39 is 0 Å². The molecule has 0 unspecified atom stereocenters. The van der Waals surface area contributed by atoms with Gasteiger partial charge < -0.3 is 4.74 Å². The van der Waals surface area contributed by atoms with E-state index in [0.717, 1.165) is 10.7 Å². The summed E-state index contributed by atoms with van der Waals surface area (Å²) in [5.41, 5.74) is 0. The highest BCUT2D eigenvalue weighted by Gasteiger charge is 1.88. The van der Waals surface area contributed by atoms with Gasteiger partial charge in [-0.3, -0.25) is 0 Å². The number of ether oxygens (including phenoxy) is 1. The molecule has 0 bridgehead atoms. The average Bonchev–Trinajstić information content (AvgIpc) is 2.03. The van der Waals surface area contributed by atoms with Crippen molar-refractivity contribution in [2.45, 2.75) is 0 Å². The Hall–Kier alpha value is 0.840. The highest BCUT2D eigenvalue weighted by Crippen LogP contribution is 1.85. The van der Waals surface area contributed by atoms with E-state index in [-0.39, 0.29) is 0 Å². The topological polar surface area (TPSA) is 27.7 Å². The minimum absolute atomic E-state index is 0.486. The van der Waals surface area contributed by atoms with Crippen molar-refractivity contribution in [1.29, 1.82) is 0 Å². The van der Waals surface area contributed by atoms with Crippen molar-refractivity contribution < 1.29 is 14.5 Å². The van der Waals surface area contributed by atoms with E-state index in [1.165, 1.54) is 0 Å². The molecule has 68 valence electrons. The summed E-state index contributed by atoms with van der Waals surface area (Å²) in [6.07, 6.45) is 0. The molecule has 0 spiro atoms. The Morgan fingerprint density at radius 3 is 2.00 bits per heavy atom. The Bertz CT molecular complexity index is 64.8. The molecule has 11 heavy (non-hydrogen) atoms. The molecule has 0 rings (SSSR count). The number of hydrogen-bond donors (Lipinski definition) is 0. The number of halogens is 2. The number of alkyl halides is 2. The van der Waals surface area contributed by atoms with Crippen molar-refractivity contribution in [3.8, 4) is 0 Å². The van der Waals surface area contributed by atoms with E-state index in [2.05, 4.69) is 31.9 Å². The lowest BCUT2D eigenvalue weighted by atomic mass is 10.7. The smallest absolute Gasteiger partial charge is 0.106 e. The van der Waals surface area contributed by atoms with Crippen molar-refractivity contribution in [2.75, 3.05) is 37.1 Å². The fourth-order valence-corrected chi connectivity index (χ4v) is 0.760. The molecule has 3 nitrogen and oxygen atoms in total. The van der Waals surface area contributed by atoms with Crippen LogP contribution in [0.5, 0.6) is 0 Å². The third-order valence-electron chi connectivity index (χ3n) is 0.776. The van der Waals surface area contributed by atoms with Crippen molar-refractivity contribution in [3.05, 3.63) is 0 Å². The first-order chi connectivity index (χ1) is 5.41.